The monoisotopic (exact) mass is 510 g/mol. The summed E-state index contributed by atoms with van der Waals surface area (Å²) in [5, 5.41) is 6.51. The number of hydrogen-bond acceptors (Lipinski definition) is 2. The van der Waals surface area contributed by atoms with Gasteiger partial charge in [0.25, 0.3) is 0 Å². The molecule has 1 saturated carbocycles. The van der Waals surface area contributed by atoms with Gasteiger partial charge in [0.15, 0.2) is 0 Å². The van der Waals surface area contributed by atoms with Gasteiger partial charge in [-0.3, -0.25) is 9.59 Å². The number of amides is 2. The van der Waals surface area contributed by atoms with E-state index in [4.69, 9.17) is 23.2 Å². The number of rotatable bonds is 8. The van der Waals surface area contributed by atoms with Crippen LogP contribution in [0.1, 0.15) is 56.6 Å². The first-order chi connectivity index (χ1) is 16.9. The summed E-state index contributed by atoms with van der Waals surface area (Å²) in [6.07, 6.45) is 6.38. The van der Waals surface area contributed by atoms with Crippen molar-refractivity contribution >= 4 is 45.8 Å². The molecule has 0 bridgehead atoms. The van der Waals surface area contributed by atoms with E-state index in [0.717, 1.165) is 47.6 Å². The van der Waals surface area contributed by atoms with Gasteiger partial charge in [0.1, 0.15) is 6.04 Å². The number of benzene rings is 3. The molecule has 0 spiro atoms. The summed E-state index contributed by atoms with van der Waals surface area (Å²) >= 11 is 12.5. The van der Waals surface area contributed by atoms with Gasteiger partial charge < -0.3 is 10.2 Å². The summed E-state index contributed by atoms with van der Waals surface area (Å²) in [4.78, 5) is 28.4. The average Bonchev–Trinajstić information content (AvgIpc) is 2.87. The fraction of sp³-hybridized carbons (Fsp3) is 0.379. The summed E-state index contributed by atoms with van der Waals surface area (Å²) in [7, 11) is 0. The second-order valence-corrected chi connectivity index (χ2v) is 10.3. The van der Waals surface area contributed by atoms with Gasteiger partial charge in [-0.1, -0.05) is 91.0 Å². The van der Waals surface area contributed by atoms with E-state index in [1.165, 1.54) is 6.42 Å². The van der Waals surface area contributed by atoms with E-state index >= 15 is 0 Å². The molecule has 35 heavy (non-hydrogen) atoms. The SMILES string of the molecule is CC(C(=O)NC1CCCCC1)N(Cc1ccc(Cl)cc1Cl)C(=O)CCc1cccc2ccccc12. The molecule has 1 aliphatic rings. The van der Waals surface area contributed by atoms with Crippen LogP contribution in [-0.4, -0.2) is 28.8 Å². The Balaban J connectivity index is 1.52. The number of aryl methyl sites for hydroxylation is 1. The fourth-order valence-electron chi connectivity index (χ4n) is 4.88. The molecule has 1 atom stereocenters. The number of halogens is 2. The molecule has 6 heteroatoms. The van der Waals surface area contributed by atoms with Crippen LogP contribution in [-0.2, 0) is 22.6 Å². The normalized spacial score (nSPS) is 15.1. The Morgan fingerprint density at radius 1 is 0.971 bits per heavy atom. The van der Waals surface area contributed by atoms with E-state index in [-0.39, 0.29) is 24.4 Å². The van der Waals surface area contributed by atoms with Crippen LogP contribution in [0.4, 0.5) is 0 Å². The van der Waals surface area contributed by atoms with Gasteiger partial charge in [-0.2, -0.15) is 0 Å². The predicted octanol–water partition coefficient (Wildman–Crippen LogP) is 6.95. The summed E-state index contributed by atoms with van der Waals surface area (Å²) in [6, 6.07) is 19.2. The first-order valence-electron chi connectivity index (χ1n) is 12.4. The molecule has 0 aromatic heterocycles. The van der Waals surface area contributed by atoms with Crippen LogP contribution in [0, 0.1) is 0 Å². The Kier molecular flexibility index (Phi) is 8.69. The lowest BCUT2D eigenvalue weighted by molar-refractivity contribution is -0.141. The lowest BCUT2D eigenvalue weighted by Gasteiger charge is -2.31. The van der Waals surface area contributed by atoms with Crippen molar-refractivity contribution in [1.82, 2.24) is 10.2 Å². The highest BCUT2D eigenvalue weighted by atomic mass is 35.5. The lowest BCUT2D eigenvalue weighted by Crippen LogP contribution is -2.50. The molecule has 1 aliphatic carbocycles. The van der Waals surface area contributed by atoms with Gasteiger partial charge in [-0.25, -0.2) is 0 Å². The molecule has 1 unspecified atom stereocenters. The van der Waals surface area contributed by atoms with Gasteiger partial charge >= 0.3 is 0 Å². The second-order valence-electron chi connectivity index (χ2n) is 9.42. The molecule has 2 amide bonds. The third kappa shape index (κ3) is 6.56. The Morgan fingerprint density at radius 3 is 2.49 bits per heavy atom. The standard InChI is InChI=1S/C29H32Cl2N2O2/c1-20(29(35)32-25-11-3-2-4-12-25)33(19-23-14-16-24(30)18-27(23)31)28(34)17-15-22-10-7-9-21-8-5-6-13-26(21)22/h5-10,13-14,16,18,20,25H,2-4,11-12,15,17,19H2,1H3,(H,32,35). The van der Waals surface area contributed by atoms with Crippen molar-refractivity contribution in [2.24, 2.45) is 0 Å². The maximum Gasteiger partial charge on any atom is 0.242 e. The van der Waals surface area contributed by atoms with E-state index in [1.807, 2.05) is 24.3 Å². The highest BCUT2D eigenvalue weighted by Crippen LogP contribution is 2.25. The van der Waals surface area contributed by atoms with E-state index in [0.29, 0.717) is 22.9 Å². The van der Waals surface area contributed by atoms with Gasteiger partial charge in [0.05, 0.1) is 0 Å². The van der Waals surface area contributed by atoms with Crippen molar-refractivity contribution in [3.8, 4) is 0 Å². The van der Waals surface area contributed by atoms with Gasteiger partial charge in [0.2, 0.25) is 11.8 Å². The van der Waals surface area contributed by atoms with Crippen LogP contribution in [0.2, 0.25) is 10.0 Å². The summed E-state index contributed by atoms with van der Waals surface area (Å²) < 4.78 is 0. The number of fused-ring (bicyclic) bond motifs is 1. The van der Waals surface area contributed by atoms with Crippen molar-refractivity contribution in [3.63, 3.8) is 0 Å². The Labute approximate surface area is 217 Å². The van der Waals surface area contributed by atoms with Gasteiger partial charge in [-0.15, -0.1) is 0 Å². The highest BCUT2D eigenvalue weighted by molar-refractivity contribution is 6.35. The lowest BCUT2D eigenvalue weighted by atomic mass is 9.95. The third-order valence-corrected chi connectivity index (χ3v) is 7.55. The fourth-order valence-corrected chi connectivity index (χ4v) is 5.35. The summed E-state index contributed by atoms with van der Waals surface area (Å²) in [6.45, 7) is 2.06. The topological polar surface area (TPSA) is 49.4 Å². The number of nitrogens with one attached hydrogen (secondary N) is 1. The third-order valence-electron chi connectivity index (χ3n) is 6.96. The minimum Gasteiger partial charge on any atom is -0.352 e. The van der Waals surface area contributed by atoms with E-state index in [9.17, 15) is 9.59 Å². The van der Waals surface area contributed by atoms with Crippen molar-refractivity contribution in [2.45, 2.75) is 70.5 Å². The van der Waals surface area contributed by atoms with Crippen molar-refractivity contribution in [2.75, 3.05) is 0 Å². The maximum absolute atomic E-state index is 13.6. The first-order valence-corrected chi connectivity index (χ1v) is 13.2. The molecule has 3 aromatic carbocycles. The Hall–Kier alpha value is -2.56. The molecule has 0 radical (unpaired) electrons. The van der Waals surface area contributed by atoms with Crippen molar-refractivity contribution in [3.05, 3.63) is 81.8 Å². The molecule has 1 fully saturated rings. The largest absolute Gasteiger partial charge is 0.352 e. The Morgan fingerprint density at radius 2 is 1.71 bits per heavy atom. The molecule has 1 N–H and O–H groups in total. The minimum atomic E-state index is -0.608. The molecule has 184 valence electrons. The van der Waals surface area contributed by atoms with Gasteiger partial charge in [-0.05, 0) is 60.2 Å². The van der Waals surface area contributed by atoms with Crippen LogP contribution in [0.15, 0.2) is 60.7 Å². The summed E-state index contributed by atoms with van der Waals surface area (Å²) in [5.74, 6) is -0.184. The van der Waals surface area contributed by atoms with Crippen LogP contribution in [0.5, 0.6) is 0 Å². The number of carbonyl (C=O) groups is 2. The average molecular weight is 511 g/mol. The van der Waals surface area contributed by atoms with Gasteiger partial charge in [0, 0.05) is 29.1 Å². The smallest absolute Gasteiger partial charge is 0.242 e. The molecule has 0 aliphatic heterocycles. The first kappa shape index (κ1) is 25.5. The zero-order chi connectivity index (χ0) is 24.8. The highest BCUT2D eigenvalue weighted by Gasteiger charge is 2.28. The minimum absolute atomic E-state index is 0.0738. The predicted molar refractivity (Wildman–Crippen MR) is 144 cm³/mol. The van der Waals surface area contributed by atoms with E-state index in [1.54, 1.807) is 24.0 Å². The molecule has 4 rings (SSSR count). The van der Waals surface area contributed by atoms with E-state index in [2.05, 4.69) is 29.6 Å². The molecule has 0 saturated heterocycles. The summed E-state index contributed by atoms with van der Waals surface area (Å²) in [5.41, 5.74) is 1.90. The van der Waals surface area contributed by atoms with Crippen LogP contribution in [0.3, 0.4) is 0 Å². The van der Waals surface area contributed by atoms with Crippen LogP contribution < -0.4 is 5.32 Å². The van der Waals surface area contributed by atoms with Crippen LogP contribution in [0.25, 0.3) is 10.8 Å². The number of carbonyl (C=O) groups excluding carboxylic acids is 2. The van der Waals surface area contributed by atoms with E-state index < -0.39 is 6.04 Å². The molecule has 4 nitrogen and oxygen atoms in total. The number of nitrogens with zero attached hydrogens (tertiary/aromatic N) is 1. The molecule has 0 heterocycles. The quantitative estimate of drug-likeness (QED) is 0.356. The zero-order valence-electron chi connectivity index (χ0n) is 20.1. The Bertz CT molecular complexity index is 1190. The zero-order valence-corrected chi connectivity index (χ0v) is 21.6. The van der Waals surface area contributed by atoms with Crippen LogP contribution >= 0.6 is 23.2 Å². The molecule has 3 aromatic rings. The maximum atomic E-state index is 13.6. The number of hydrogen-bond donors (Lipinski definition) is 1. The molecular weight excluding hydrogens is 479 g/mol. The van der Waals surface area contributed by atoms with Crippen molar-refractivity contribution in [1.29, 1.82) is 0 Å². The second kappa shape index (κ2) is 11.9. The molecular formula is C29H32Cl2N2O2. The van der Waals surface area contributed by atoms with Crippen molar-refractivity contribution < 1.29 is 9.59 Å².